The van der Waals surface area contributed by atoms with Crippen molar-refractivity contribution in [2.24, 2.45) is 5.73 Å². The Bertz CT molecular complexity index is 943. The van der Waals surface area contributed by atoms with Crippen LogP contribution in [0.3, 0.4) is 0 Å². The number of hydrogen-bond acceptors (Lipinski definition) is 5. The molecule has 2 rings (SSSR count). The number of phenolic OH excluding ortho intramolecular Hbond substituents is 1. The number of primary amides is 1. The number of carbonyl (C=O) groups excluding carboxylic acids is 2. The van der Waals surface area contributed by atoms with Crippen molar-refractivity contribution in [1.82, 2.24) is 5.32 Å². The molecule has 2 aromatic carbocycles. The van der Waals surface area contributed by atoms with Crippen LogP contribution in [0, 0.1) is 0 Å². The van der Waals surface area contributed by atoms with E-state index in [9.17, 15) is 24.6 Å². The van der Waals surface area contributed by atoms with E-state index in [0.29, 0.717) is 24.0 Å². The van der Waals surface area contributed by atoms with Crippen molar-refractivity contribution in [3.63, 3.8) is 0 Å². The highest BCUT2D eigenvalue weighted by Crippen LogP contribution is 2.29. The van der Waals surface area contributed by atoms with E-state index < -0.39 is 36.4 Å². The molecule has 0 aliphatic rings. The van der Waals surface area contributed by atoms with E-state index in [0.717, 1.165) is 0 Å². The van der Waals surface area contributed by atoms with Gasteiger partial charge in [-0.3, -0.25) is 9.59 Å². The topological polar surface area (TPSA) is 150 Å². The number of aliphatic hydroxyl groups excluding tert-OH is 1. The summed E-state index contributed by atoms with van der Waals surface area (Å²) >= 11 is 12.3. The second kappa shape index (κ2) is 10.3. The lowest BCUT2D eigenvalue weighted by Crippen LogP contribution is -2.43. The number of carboxylic acid groups (broad SMARTS) is 1. The van der Waals surface area contributed by atoms with Crippen LogP contribution in [0.4, 0.5) is 0 Å². The third kappa shape index (κ3) is 6.35. The van der Waals surface area contributed by atoms with Gasteiger partial charge in [0.1, 0.15) is 11.8 Å². The molecule has 2 atom stereocenters. The number of aliphatic carboxylic acids is 1. The Hall–Kier alpha value is -2.81. The van der Waals surface area contributed by atoms with Gasteiger partial charge in [-0.05, 0) is 48.2 Å². The Morgan fingerprint density at radius 3 is 2.27 bits per heavy atom. The fourth-order valence-electron chi connectivity index (χ4n) is 2.82. The van der Waals surface area contributed by atoms with Gasteiger partial charge < -0.3 is 26.4 Å². The number of rotatable bonds is 9. The lowest BCUT2D eigenvalue weighted by Gasteiger charge is -2.16. The van der Waals surface area contributed by atoms with Crippen molar-refractivity contribution in [2.75, 3.05) is 0 Å². The van der Waals surface area contributed by atoms with E-state index >= 15 is 0 Å². The minimum Gasteiger partial charge on any atom is -0.508 e. The fraction of sp³-hybridized carbons (Fsp3) is 0.250. The number of aromatic hydroxyl groups is 1. The molecule has 0 heterocycles. The molecule has 0 aliphatic carbocycles. The number of carboxylic acids is 1. The van der Waals surface area contributed by atoms with Crippen molar-refractivity contribution >= 4 is 41.0 Å². The number of nitrogens with one attached hydrogen (secondary N) is 1. The lowest BCUT2D eigenvalue weighted by atomic mass is 10.00. The van der Waals surface area contributed by atoms with Crippen LogP contribution in [0.15, 0.2) is 36.4 Å². The normalized spacial score (nSPS) is 12.8. The molecular formula is C20H20Cl2N2O6. The van der Waals surface area contributed by atoms with Crippen LogP contribution >= 0.6 is 23.2 Å². The Labute approximate surface area is 182 Å². The molecule has 0 saturated heterocycles. The first kappa shape index (κ1) is 23.5. The molecule has 0 spiro atoms. The standard InChI is InChI=1S/C20H20Cl2N2O6/c21-13-6-10(4-5-16(26)11-2-1-3-12(25)8-11)7-14(22)18(13)19(28)24-15(20(29)30)9-17(23)27/h1-3,6-8,15-16,25-26H,4-5,9H2,(H2,23,27)(H,24,28)(H,29,30)/t15-,16?/m0/s1. The van der Waals surface area contributed by atoms with Crippen molar-refractivity contribution < 1.29 is 29.7 Å². The van der Waals surface area contributed by atoms with Gasteiger partial charge in [0.15, 0.2) is 0 Å². The molecule has 10 heteroatoms. The van der Waals surface area contributed by atoms with Crippen LogP contribution in [0.2, 0.25) is 10.0 Å². The summed E-state index contributed by atoms with van der Waals surface area (Å²) in [6.07, 6.45) is -0.733. The number of aliphatic hydroxyl groups is 1. The van der Waals surface area contributed by atoms with Crippen LogP contribution in [-0.4, -0.2) is 39.1 Å². The highest BCUT2D eigenvalue weighted by Gasteiger charge is 2.25. The van der Waals surface area contributed by atoms with Gasteiger partial charge in [-0.2, -0.15) is 0 Å². The third-order valence-corrected chi connectivity index (χ3v) is 4.90. The molecule has 2 amide bonds. The Morgan fingerprint density at radius 2 is 1.73 bits per heavy atom. The molecule has 0 radical (unpaired) electrons. The molecule has 1 unspecified atom stereocenters. The van der Waals surface area contributed by atoms with E-state index in [-0.39, 0.29) is 21.4 Å². The lowest BCUT2D eigenvalue weighted by molar-refractivity contribution is -0.140. The first-order valence-corrected chi connectivity index (χ1v) is 9.61. The quantitative estimate of drug-likeness (QED) is 0.392. The number of halogens is 2. The summed E-state index contributed by atoms with van der Waals surface area (Å²) in [4.78, 5) is 34.6. The van der Waals surface area contributed by atoms with Gasteiger partial charge in [-0.15, -0.1) is 0 Å². The number of amides is 2. The molecule has 2 aromatic rings. The summed E-state index contributed by atoms with van der Waals surface area (Å²) in [6.45, 7) is 0. The van der Waals surface area contributed by atoms with Gasteiger partial charge in [0, 0.05) is 0 Å². The van der Waals surface area contributed by atoms with Crippen molar-refractivity contribution in [1.29, 1.82) is 0 Å². The summed E-state index contributed by atoms with van der Waals surface area (Å²) in [6, 6.07) is 7.73. The van der Waals surface area contributed by atoms with Crippen LogP contribution < -0.4 is 11.1 Å². The molecule has 0 fully saturated rings. The van der Waals surface area contributed by atoms with Crippen LogP contribution in [0.5, 0.6) is 5.75 Å². The predicted octanol–water partition coefficient (Wildman–Crippen LogP) is 2.42. The predicted molar refractivity (Wildman–Crippen MR) is 111 cm³/mol. The zero-order valence-corrected chi connectivity index (χ0v) is 17.2. The van der Waals surface area contributed by atoms with E-state index in [1.807, 2.05) is 0 Å². The van der Waals surface area contributed by atoms with Gasteiger partial charge >= 0.3 is 5.97 Å². The molecule has 30 heavy (non-hydrogen) atoms. The highest BCUT2D eigenvalue weighted by molar-refractivity contribution is 6.39. The molecule has 160 valence electrons. The van der Waals surface area contributed by atoms with E-state index in [2.05, 4.69) is 5.32 Å². The minimum absolute atomic E-state index is 0.00920. The number of benzene rings is 2. The second-order valence-corrected chi connectivity index (χ2v) is 7.43. The number of phenols is 1. The van der Waals surface area contributed by atoms with Gasteiger partial charge in [-0.1, -0.05) is 35.3 Å². The summed E-state index contributed by atoms with van der Waals surface area (Å²) in [5.41, 5.74) is 6.06. The number of nitrogens with two attached hydrogens (primary N) is 1. The van der Waals surface area contributed by atoms with Crippen LogP contribution in [-0.2, 0) is 16.0 Å². The van der Waals surface area contributed by atoms with Crippen molar-refractivity contribution in [3.8, 4) is 5.75 Å². The molecule has 0 saturated carbocycles. The van der Waals surface area contributed by atoms with Gasteiger partial charge in [0.2, 0.25) is 5.91 Å². The maximum absolute atomic E-state index is 12.4. The Kier molecular flexibility index (Phi) is 8.05. The molecule has 8 nitrogen and oxygen atoms in total. The summed E-state index contributed by atoms with van der Waals surface area (Å²) < 4.78 is 0. The number of carbonyl (C=O) groups is 3. The average molecular weight is 455 g/mol. The molecule has 6 N–H and O–H groups in total. The third-order valence-electron chi connectivity index (χ3n) is 4.30. The maximum atomic E-state index is 12.4. The molecular weight excluding hydrogens is 435 g/mol. The van der Waals surface area contributed by atoms with Gasteiger partial charge in [0.05, 0.1) is 28.1 Å². The first-order chi connectivity index (χ1) is 14.1. The molecule has 0 bridgehead atoms. The van der Waals surface area contributed by atoms with Crippen molar-refractivity contribution in [2.45, 2.75) is 31.4 Å². The zero-order chi connectivity index (χ0) is 22.4. The van der Waals surface area contributed by atoms with Crippen molar-refractivity contribution in [3.05, 3.63) is 63.1 Å². The fourth-order valence-corrected chi connectivity index (χ4v) is 3.52. The van der Waals surface area contributed by atoms with Gasteiger partial charge in [0.25, 0.3) is 5.91 Å². The number of hydrogen-bond donors (Lipinski definition) is 5. The minimum atomic E-state index is -1.51. The average Bonchev–Trinajstić information content (AvgIpc) is 2.64. The summed E-state index contributed by atoms with van der Waals surface area (Å²) in [7, 11) is 0. The van der Waals surface area contributed by atoms with E-state index in [1.165, 1.54) is 24.3 Å². The smallest absolute Gasteiger partial charge is 0.326 e. The number of aryl methyl sites for hydroxylation is 1. The van der Waals surface area contributed by atoms with Crippen LogP contribution in [0.1, 0.15) is 40.4 Å². The van der Waals surface area contributed by atoms with E-state index in [1.54, 1.807) is 12.1 Å². The van der Waals surface area contributed by atoms with Crippen LogP contribution in [0.25, 0.3) is 0 Å². The highest BCUT2D eigenvalue weighted by atomic mass is 35.5. The maximum Gasteiger partial charge on any atom is 0.326 e. The summed E-state index contributed by atoms with van der Waals surface area (Å²) in [5.74, 6) is -3.12. The Balaban J connectivity index is 2.11. The van der Waals surface area contributed by atoms with Gasteiger partial charge in [-0.25, -0.2) is 4.79 Å². The van der Waals surface area contributed by atoms with E-state index in [4.69, 9.17) is 34.0 Å². The largest absolute Gasteiger partial charge is 0.508 e. The Morgan fingerprint density at radius 1 is 1.10 bits per heavy atom. The molecule has 0 aromatic heterocycles. The molecule has 0 aliphatic heterocycles. The summed E-state index contributed by atoms with van der Waals surface area (Å²) in [5, 5.41) is 31.0. The second-order valence-electron chi connectivity index (χ2n) is 6.62. The monoisotopic (exact) mass is 454 g/mol. The first-order valence-electron chi connectivity index (χ1n) is 8.85. The zero-order valence-electron chi connectivity index (χ0n) is 15.6. The SMILES string of the molecule is NC(=O)C[C@H](NC(=O)c1c(Cl)cc(CCC(O)c2cccc(O)c2)cc1Cl)C(=O)O.